The van der Waals surface area contributed by atoms with Gasteiger partial charge in [-0.2, -0.15) is 0 Å². The summed E-state index contributed by atoms with van der Waals surface area (Å²) in [5.74, 6) is -0.599. The summed E-state index contributed by atoms with van der Waals surface area (Å²) in [6.07, 6.45) is 2.53. The summed E-state index contributed by atoms with van der Waals surface area (Å²) in [6.45, 7) is 4.45. The second-order valence-corrected chi connectivity index (χ2v) is 6.65. The van der Waals surface area contributed by atoms with Crippen molar-refractivity contribution in [2.45, 2.75) is 33.1 Å². The van der Waals surface area contributed by atoms with Crippen LogP contribution in [0.25, 0.3) is 0 Å². The van der Waals surface area contributed by atoms with Crippen LogP contribution in [-0.4, -0.2) is 24.7 Å². The number of hydrogen-bond acceptors (Lipinski definition) is 4. The first-order chi connectivity index (χ1) is 13.1. The third-order valence-corrected chi connectivity index (χ3v) is 4.93. The number of aldehydes is 1. The van der Waals surface area contributed by atoms with Gasteiger partial charge in [0.25, 0.3) is 0 Å². The van der Waals surface area contributed by atoms with Crippen LogP contribution in [0, 0.1) is 5.92 Å². The molecule has 0 aromatic heterocycles. The normalized spacial score (nSPS) is 16.4. The van der Waals surface area contributed by atoms with Crippen LogP contribution in [0.2, 0.25) is 0 Å². The van der Waals surface area contributed by atoms with Crippen LogP contribution in [0.1, 0.15) is 41.8 Å². The summed E-state index contributed by atoms with van der Waals surface area (Å²) in [5.41, 5.74) is 3.68. The molecule has 1 heterocycles. The van der Waals surface area contributed by atoms with E-state index in [0.29, 0.717) is 17.9 Å². The van der Waals surface area contributed by atoms with Gasteiger partial charge in [-0.25, -0.2) is 0 Å². The van der Waals surface area contributed by atoms with Crippen molar-refractivity contribution in [2.24, 2.45) is 5.92 Å². The fraction of sp³-hybridized carbons (Fsp3) is 0.318. The SMILES string of the molecule is CCc1cccc(CC)c1N1C[C@@H](C(=O)Oc2ccc(C=O)cc2)CC1=O. The molecule has 0 bridgehead atoms. The maximum Gasteiger partial charge on any atom is 0.316 e. The van der Waals surface area contributed by atoms with E-state index in [4.69, 9.17) is 4.74 Å². The highest BCUT2D eigenvalue weighted by atomic mass is 16.5. The van der Waals surface area contributed by atoms with Crippen LogP contribution < -0.4 is 9.64 Å². The molecule has 2 aromatic carbocycles. The lowest BCUT2D eigenvalue weighted by Gasteiger charge is -2.23. The number of carbonyl (C=O) groups excluding carboxylic acids is 3. The number of carbonyl (C=O) groups is 3. The standard InChI is InChI=1S/C22H23NO4/c1-3-16-6-5-7-17(4-2)21(16)23-13-18(12-20(23)25)22(26)27-19-10-8-15(14-24)9-11-19/h5-11,14,18H,3-4,12-13H2,1-2H3/t18-/m0/s1. The number of benzene rings is 2. The molecule has 0 spiro atoms. The van der Waals surface area contributed by atoms with Gasteiger partial charge in [-0.15, -0.1) is 0 Å². The number of ether oxygens (including phenoxy) is 1. The van der Waals surface area contributed by atoms with Gasteiger partial charge >= 0.3 is 5.97 Å². The van der Waals surface area contributed by atoms with Crippen molar-refractivity contribution in [1.29, 1.82) is 0 Å². The summed E-state index contributed by atoms with van der Waals surface area (Å²) in [6, 6.07) is 12.4. The highest BCUT2D eigenvalue weighted by Gasteiger charge is 2.37. The smallest absolute Gasteiger partial charge is 0.316 e. The van der Waals surface area contributed by atoms with Gasteiger partial charge in [0.15, 0.2) is 0 Å². The number of aryl methyl sites for hydroxylation is 2. The summed E-state index contributed by atoms with van der Waals surface area (Å²) in [7, 11) is 0. The van der Waals surface area contributed by atoms with E-state index < -0.39 is 11.9 Å². The molecule has 1 saturated heterocycles. The minimum absolute atomic E-state index is 0.0520. The fourth-order valence-electron chi connectivity index (χ4n) is 3.46. The number of esters is 1. The number of hydrogen-bond donors (Lipinski definition) is 0. The molecular formula is C22H23NO4. The first kappa shape index (κ1) is 18.8. The highest BCUT2D eigenvalue weighted by Crippen LogP contribution is 2.33. The molecule has 1 fully saturated rings. The predicted octanol–water partition coefficient (Wildman–Crippen LogP) is 3.58. The number of rotatable bonds is 6. The van der Waals surface area contributed by atoms with E-state index in [9.17, 15) is 14.4 Å². The van der Waals surface area contributed by atoms with Crippen molar-refractivity contribution in [1.82, 2.24) is 0 Å². The van der Waals surface area contributed by atoms with E-state index in [1.807, 2.05) is 18.2 Å². The molecule has 0 unspecified atom stereocenters. The van der Waals surface area contributed by atoms with Gasteiger partial charge in [0.2, 0.25) is 5.91 Å². The number of para-hydroxylation sites is 1. The van der Waals surface area contributed by atoms with Gasteiger partial charge in [0.05, 0.1) is 5.92 Å². The second-order valence-electron chi connectivity index (χ2n) is 6.65. The third-order valence-electron chi connectivity index (χ3n) is 4.93. The van der Waals surface area contributed by atoms with Crippen LogP contribution in [-0.2, 0) is 22.4 Å². The summed E-state index contributed by atoms with van der Waals surface area (Å²) >= 11 is 0. The van der Waals surface area contributed by atoms with Crippen LogP contribution in [0.4, 0.5) is 5.69 Å². The highest BCUT2D eigenvalue weighted by molar-refractivity contribution is 6.01. The van der Waals surface area contributed by atoms with E-state index in [0.717, 1.165) is 35.9 Å². The molecule has 5 heteroatoms. The summed E-state index contributed by atoms with van der Waals surface area (Å²) < 4.78 is 5.41. The molecule has 0 N–H and O–H groups in total. The summed E-state index contributed by atoms with van der Waals surface area (Å²) in [5, 5.41) is 0. The summed E-state index contributed by atoms with van der Waals surface area (Å²) in [4.78, 5) is 37.6. The first-order valence-electron chi connectivity index (χ1n) is 9.25. The van der Waals surface area contributed by atoms with Crippen molar-refractivity contribution in [3.63, 3.8) is 0 Å². The minimum atomic E-state index is -0.502. The molecule has 0 radical (unpaired) electrons. The molecule has 1 aliphatic heterocycles. The molecule has 140 valence electrons. The lowest BCUT2D eigenvalue weighted by atomic mass is 10.0. The molecule has 5 nitrogen and oxygen atoms in total. The quantitative estimate of drug-likeness (QED) is 0.446. The Morgan fingerprint density at radius 3 is 2.30 bits per heavy atom. The Bertz CT molecular complexity index is 835. The number of amides is 1. The lowest BCUT2D eigenvalue weighted by Crippen LogP contribution is -2.29. The van der Waals surface area contributed by atoms with Crippen LogP contribution >= 0.6 is 0 Å². The Morgan fingerprint density at radius 2 is 1.74 bits per heavy atom. The Hall–Kier alpha value is -2.95. The Kier molecular flexibility index (Phi) is 5.69. The van der Waals surface area contributed by atoms with E-state index in [1.165, 1.54) is 0 Å². The van der Waals surface area contributed by atoms with Gasteiger partial charge in [0.1, 0.15) is 12.0 Å². The van der Waals surface area contributed by atoms with Gasteiger partial charge < -0.3 is 9.64 Å². The van der Waals surface area contributed by atoms with Gasteiger partial charge in [-0.1, -0.05) is 32.0 Å². The molecule has 27 heavy (non-hydrogen) atoms. The molecule has 1 atom stereocenters. The molecule has 0 aliphatic carbocycles. The zero-order valence-corrected chi connectivity index (χ0v) is 15.6. The Morgan fingerprint density at radius 1 is 1.11 bits per heavy atom. The molecule has 1 amide bonds. The maximum atomic E-state index is 12.6. The largest absolute Gasteiger partial charge is 0.426 e. The molecule has 1 aliphatic rings. The van der Waals surface area contributed by atoms with Crippen molar-refractivity contribution in [2.75, 3.05) is 11.4 Å². The minimum Gasteiger partial charge on any atom is -0.426 e. The number of anilines is 1. The molecular weight excluding hydrogens is 342 g/mol. The predicted molar refractivity (Wildman–Crippen MR) is 103 cm³/mol. The van der Waals surface area contributed by atoms with Crippen molar-refractivity contribution >= 4 is 23.9 Å². The van der Waals surface area contributed by atoms with Gasteiger partial charge in [0, 0.05) is 24.2 Å². The van der Waals surface area contributed by atoms with Crippen LogP contribution in [0.15, 0.2) is 42.5 Å². The van der Waals surface area contributed by atoms with Crippen molar-refractivity contribution in [3.8, 4) is 5.75 Å². The topological polar surface area (TPSA) is 63.7 Å². The van der Waals surface area contributed by atoms with Crippen LogP contribution in [0.5, 0.6) is 5.75 Å². The Labute approximate surface area is 158 Å². The average molecular weight is 365 g/mol. The average Bonchev–Trinajstić information content (AvgIpc) is 3.09. The van der Waals surface area contributed by atoms with E-state index >= 15 is 0 Å². The monoisotopic (exact) mass is 365 g/mol. The maximum absolute atomic E-state index is 12.6. The second kappa shape index (κ2) is 8.16. The first-order valence-corrected chi connectivity index (χ1v) is 9.25. The van der Waals surface area contributed by atoms with Crippen molar-refractivity contribution < 1.29 is 19.1 Å². The van der Waals surface area contributed by atoms with E-state index in [-0.39, 0.29) is 12.3 Å². The zero-order chi connectivity index (χ0) is 19.4. The van der Waals surface area contributed by atoms with Gasteiger partial charge in [-0.05, 0) is 48.2 Å². The lowest BCUT2D eigenvalue weighted by molar-refractivity contribution is -0.139. The zero-order valence-electron chi connectivity index (χ0n) is 15.6. The van der Waals surface area contributed by atoms with E-state index in [1.54, 1.807) is 29.2 Å². The fourth-order valence-corrected chi connectivity index (χ4v) is 3.46. The number of nitrogens with zero attached hydrogens (tertiary/aromatic N) is 1. The third kappa shape index (κ3) is 3.92. The molecule has 3 rings (SSSR count). The molecule has 0 saturated carbocycles. The Balaban J connectivity index is 1.77. The molecule has 2 aromatic rings. The van der Waals surface area contributed by atoms with Crippen LogP contribution in [0.3, 0.4) is 0 Å². The van der Waals surface area contributed by atoms with E-state index in [2.05, 4.69) is 13.8 Å². The van der Waals surface area contributed by atoms with Gasteiger partial charge in [-0.3, -0.25) is 14.4 Å². The van der Waals surface area contributed by atoms with Crippen molar-refractivity contribution in [3.05, 3.63) is 59.2 Å².